The zero-order valence-electron chi connectivity index (χ0n) is 10.2. The van der Waals surface area contributed by atoms with E-state index in [0.29, 0.717) is 11.4 Å². The molecule has 0 radical (unpaired) electrons. The first kappa shape index (κ1) is 14.4. The standard InChI is InChI=1S/C13H10BrF2N3O/c14-9-4-11(16)12(5-10(9)15)19-13(20)3-8-2-1-7(17)6-18-8/h1-2,4-6H,3,17H2,(H,19,20). The maximum atomic E-state index is 13.5. The molecule has 4 nitrogen and oxygen atoms in total. The molecule has 3 N–H and O–H groups in total. The molecule has 0 aliphatic rings. The fourth-order valence-electron chi connectivity index (χ4n) is 1.52. The van der Waals surface area contributed by atoms with Crippen molar-refractivity contribution in [2.24, 2.45) is 0 Å². The molecular formula is C13H10BrF2N3O. The molecule has 1 aromatic heterocycles. The number of hydrogen-bond donors (Lipinski definition) is 2. The average molecular weight is 342 g/mol. The Hall–Kier alpha value is -2.02. The minimum atomic E-state index is -0.725. The number of pyridine rings is 1. The van der Waals surface area contributed by atoms with Crippen LogP contribution in [0.2, 0.25) is 0 Å². The van der Waals surface area contributed by atoms with E-state index < -0.39 is 17.5 Å². The van der Waals surface area contributed by atoms with Gasteiger partial charge in [-0.25, -0.2) is 8.78 Å². The van der Waals surface area contributed by atoms with Crippen LogP contribution in [0.4, 0.5) is 20.2 Å². The van der Waals surface area contributed by atoms with Gasteiger partial charge >= 0.3 is 0 Å². The van der Waals surface area contributed by atoms with Gasteiger partial charge in [0.15, 0.2) is 0 Å². The van der Waals surface area contributed by atoms with Crippen LogP contribution in [0, 0.1) is 11.6 Å². The average Bonchev–Trinajstić information content (AvgIpc) is 2.39. The van der Waals surface area contributed by atoms with Crippen LogP contribution >= 0.6 is 15.9 Å². The van der Waals surface area contributed by atoms with Crippen molar-refractivity contribution in [3.8, 4) is 0 Å². The molecule has 0 aliphatic carbocycles. The van der Waals surface area contributed by atoms with E-state index in [1.165, 1.54) is 6.20 Å². The van der Waals surface area contributed by atoms with Gasteiger partial charge in [0.1, 0.15) is 11.6 Å². The summed E-state index contributed by atoms with van der Waals surface area (Å²) in [4.78, 5) is 15.7. The Morgan fingerprint density at radius 1 is 1.30 bits per heavy atom. The molecule has 1 amide bonds. The Morgan fingerprint density at radius 2 is 2.05 bits per heavy atom. The van der Waals surface area contributed by atoms with E-state index in [4.69, 9.17) is 5.73 Å². The van der Waals surface area contributed by atoms with Gasteiger partial charge in [0.25, 0.3) is 0 Å². The molecule has 0 aliphatic heterocycles. The molecule has 1 aromatic carbocycles. The summed E-state index contributed by atoms with van der Waals surface area (Å²) in [5.74, 6) is -1.88. The van der Waals surface area contributed by atoms with Crippen LogP contribution in [-0.2, 0) is 11.2 Å². The van der Waals surface area contributed by atoms with Gasteiger partial charge in [0.05, 0.1) is 28.5 Å². The molecule has 0 atom stereocenters. The van der Waals surface area contributed by atoms with Gasteiger partial charge in [-0.1, -0.05) is 0 Å². The van der Waals surface area contributed by atoms with Gasteiger partial charge in [0, 0.05) is 11.8 Å². The van der Waals surface area contributed by atoms with Crippen molar-refractivity contribution in [2.45, 2.75) is 6.42 Å². The molecule has 0 fully saturated rings. The second-order valence-electron chi connectivity index (χ2n) is 4.05. The first-order valence-corrected chi connectivity index (χ1v) is 6.40. The highest BCUT2D eigenvalue weighted by Crippen LogP contribution is 2.23. The van der Waals surface area contributed by atoms with E-state index in [-0.39, 0.29) is 16.6 Å². The second kappa shape index (κ2) is 5.96. The summed E-state index contributed by atoms with van der Waals surface area (Å²) >= 11 is 2.86. The number of hydrogen-bond acceptors (Lipinski definition) is 3. The summed E-state index contributed by atoms with van der Waals surface area (Å²) in [6, 6.07) is 5.06. The van der Waals surface area contributed by atoms with Crippen molar-refractivity contribution in [3.05, 3.63) is 52.3 Å². The fraction of sp³-hybridized carbons (Fsp3) is 0.0769. The van der Waals surface area contributed by atoms with Crippen molar-refractivity contribution in [1.29, 1.82) is 0 Å². The van der Waals surface area contributed by atoms with Crippen molar-refractivity contribution >= 4 is 33.2 Å². The number of nitrogens with two attached hydrogens (primary N) is 1. The van der Waals surface area contributed by atoms with Crippen molar-refractivity contribution in [1.82, 2.24) is 4.98 Å². The lowest BCUT2D eigenvalue weighted by molar-refractivity contribution is -0.115. The third-order valence-corrected chi connectivity index (χ3v) is 3.08. The van der Waals surface area contributed by atoms with Crippen molar-refractivity contribution in [3.63, 3.8) is 0 Å². The highest BCUT2D eigenvalue weighted by Gasteiger charge is 2.12. The van der Waals surface area contributed by atoms with E-state index in [0.717, 1.165) is 12.1 Å². The minimum Gasteiger partial charge on any atom is -0.397 e. The van der Waals surface area contributed by atoms with Crippen molar-refractivity contribution in [2.75, 3.05) is 11.1 Å². The van der Waals surface area contributed by atoms with Crippen LogP contribution in [0.5, 0.6) is 0 Å². The van der Waals surface area contributed by atoms with Crippen LogP contribution in [0.25, 0.3) is 0 Å². The zero-order chi connectivity index (χ0) is 14.7. The molecule has 2 rings (SSSR count). The largest absolute Gasteiger partial charge is 0.397 e. The third kappa shape index (κ3) is 3.51. The summed E-state index contributed by atoms with van der Waals surface area (Å²) in [5, 5.41) is 2.30. The third-order valence-electron chi connectivity index (χ3n) is 2.47. The van der Waals surface area contributed by atoms with E-state index in [9.17, 15) is 13.6 Å². The smallest absolute Gasteiger partial charge is 0.230 e. The summed E-state index contributed by atoms with van der Waals surface area (Å²) in [5.41, 5.74) is 6.22. The van der Waals surface area contributed by atoms with Crippen LogP contribution in [0.1, 0.15) is 5.69 Å². The number of amides is 1. The Kier molecular flexibility index (Phi) is 4.29. The van der Waals surface area contributed by atoms with E-state index in [1.807, 2.05) is 0 Å². The van der Waals surface area contributed by atoms with Gasteiger partial charge in [-0.15, -0.1) is 0 Å². The Bertz CT molecular complexity index is 647. The zero-order valence-corrected chi connectivity index (χ0v) is 11.7. The van der Waals surface area contributed by atoms with E-state index in [2.05, 4.69) is 26.2 Å². The predicted octanol–water partition coefficient (Wildman–Crippen LogP) is 2.89. The van der Waals surface area contributed by atoms with Crippen molar-refractivity contribution < 1.29 is 13.6 Å². The normalized spacial score (nSPS) is 10.3. The maximum Gasteiger partial charge on any atom is 0.230 e. The molecular weight excluding hydrogens is 332 g/mol. The topological polar surface area (TPSA) is 68.0 Å². The summed E-state index contributed by atoms with van der Waals surface area (Å²) in [7, 11) is 0. The van der Waals surface area contributed by atoms with Gasteiger partial charge in [0.2, 0.25) is 5.91 Å². The number of carbonyl (C=O) groups is 1. The monoisotopic (exact) mass is 341 g/mol. The number of halogens is 3. The summed E-state index contributed by atoms with van der Waals surface area (Å²) in [6.45, 7) is 0. The summed E-state index contributed by atoms with van der Waals surface area (Å²) < 4.78 is 26.8. The lowest BCUT2D eigenvalue weighted by Gasteiger charge is -2.07. The first-order chi connectivity index (χ1) is 9.45. The van der Waals surface area contributed by atoms with Gasteiger partial charge in [-0.2, -0.15) is 0 Å². The lowest BCUT2D eigenvalue weighted by atomic mass is 10.2. The number of rotatable bonds is 3. The number of nitrogens with zero attached hydrogens (tertiary/aromatic N) is 1. The SMILES string of the molecule is Nc1ccc(CC(=O)Nc2cc(F)c(Br)cc2F)nc1. The molecule has 0 saturated carbocycles. The van der Waals surface area contributed by atoms with Gasteiger partial charge in [-0.05, 0) is 34.1 Å². The highest BCUT2D eigenvalue weighted by molar-refractivity contribution is 9.10. The Morgan fingerprint density at radius 3 is 2.70 bits per heavy atom. The number of benzene rings is 1. The Labute approximate surface area is 122 Å². The molecule has 104 valence electrons. The summed E-state index contributed by atoms with van der Waals surface area (Å²) in [6.07, 6.45) is 1.36. The lowest BCUT2D eigenvalue weighted by Crippen LogP contribution is -2.16. The van der Waals surface area contributed by atoms with E-state index in [1.54, 1.807) is 12.1 Å². The van der Waals surface area contributed by atoms with Crippen LogP contribution in [-0.4, -0.2) is 10.9 Å². The van der Waals surface area contributed by atoms with Gasteiger partial charge in [-0.3, -0.25) is 9.78 Å². The predicted molar refractivity (Wildman–Crippen MR) is 75.0 cm³/mol. The molecule has 20 heavy (non-hydrogen) atoms. The quantitative estimate of drug-likeness (QED) is 0.843. The number of aromatic nitrogens is 1. The molecule has 0 spiro atoms. The molecule has 7 heteroatoms. The number of anilines is 2. The van der Waals surface area contributed by atoms with Gasteiger partial charge < -0.3 is 11.1 Å². The second-order valence-corrected chi connectivity index (χ2v) is 4.91. The number of nitrogen functional groups attached to an aromatic ring is 1. The van der Waals surface area contributed by atoms with Crippen LogP contribution < -0.4 is 11.1 Å². The number of nitrogens with one attached hydrogen (secondary N) is 1. The fourth-order valence-corrected chi connectivity index (χ4v) is 1.83. The molecule has 2 aromatic rings. The molecule has 0 unspecified atom stereocenters. The van der Waals surface area contributed by atoms with Crippen LogP contribution in [0.3, 0.4) is 0 Å². The highest BCUT2D eigenvalue weighted by atomic mass is 79.9. The molecule has 0 bridgehead atoms. The first-order valence-electron chi connectivity index (χ1n) is 5.60. The molecule has 0 saturated heterocycles. The van der Waals surface area contributed by atoms with E-state index >= 15 is 0 Å². The minimum absolute atomic E-state index is 0.00630. The molecule has 1 heterocycles. The number of carbonyl (C=O) groups excluding carboxylic acids is 1. The van der Waals surface area contributed by atoms with Crippen LogP contribution in [0.15, 0.2) is 34.9 Å². The Balaban J connectivity index is 2.08. The maximum absolute atomic E-state index is 13.5.